The van der Waals surface area contributed by atoms with E-state index in [0.717, 1.165) is 38.5 Å². The number of alkyl halides is 1. The molecule has 0 aromatic rings. The number of rotatable bonds is 6. The number of carbonyl (C=O) groups excluding carboxylic acids is 1. The van der Waals surface area contributed by atoms with Crippen LogP contribution in [0.1, 0.15) is 99.3 Å². The molecule has 4 saturated carbocycles. The maximum absolute atomic E-state index is 14.2. The summed E-state index contributed by atoms with van der Waals surface area (Å²) in [4.78, 5) is 13.3. The summed E-state index contributed by atoms with van der Waals surface area (Å²) in [5.41, 5.74) is 0.0799. The van der Waals surface area contributed by atoms with Gasteiger partial charge in [0, 0.05) is 12.3 Å². The summed E-state index contributed by atoms with van der Waals surface area (Å²) in [5.74, 6) is 2.56. The zero-order chi connectivity index (χ0) is 24.3. The number of aliphatic hydroxyl groups excluding tert-OH is 2. The van der Waals surface area contributed by atoms with Crippen molar-refractivity contribution in [3.8, 4) is 0 Å². The van der Waals surface area contributed by atoms with Gasteiger partial charge in [0.1, 0.15) is 12.0 Å². The van der Waals surface area contributed by atoms with Gasteiger partial charge in [-0.3, -0.25) is 4.79 Å². The van der Waals surface area contributed by atoms with E-state index in [1.54, 1.807) is 0 Å². The van der Waals surface area contributed by atoms with Crippen LogP contribution in [-0.4, -0.2) is 34.4 Å². The first-order valence-electron chi connectivity index (χ1n) is 14.0. The van der Waals surface area contributed by atoms with E-state index in [1.807, 2.05) is 0 Å². The van der Waals surface area contributed by atoms with Crippen LogP contribution in [0.5, 0.6) is 0 Å². The Morgan fingerprint density at radius 1 is 0.970 bits per heavy atom. The van der Waals surface area contributed by atoms with Crippen LogP contribution >= 0.6 is 0 Å². The van der Waals surface area contributed by atoms with Crippen LogP contribution in [0.2, 0.25) is 0 Å². The lowest BCUT2D eigenvalue weighted by Crippen LogP contribution is -2.57. The van der Waals surface area contributed by atoms with Crippen molar-refractivity contribution in [2.45, 2.75) is 118 Å². The molecular weight excluding hydrogens is 415 g/mol. The summed E-state index contributed by atoms with van der Waals surface area (Å²) < 4.78 is 14.2. The van der Waals surface area contributed by atoms with Crippen molar-refractivity contribution in [3.63, 3.8) is 0 Å². The first-order chi connectivity index (χ1) is 15.5. The minimum absolute atomic E-state index is 0.0328. The van der Waals surface area contributed by atoms with Gasteiger partial charge >= 0.3 is 0 Å². The maximum atomic E-state index is 14.2. The second kappa shape index (κ2) is 9.19. The number of hydrogen-bond donors (Lipinski definition) is 2. The molecule has 0 amide bonds. The van der Waals surface area contributed by atoms with Gasteiger partial charge in [-0.05, 0) is 97.2 Å². The standard InChI is InChI=1S/C29H49FO3/c1-7-19(16(2)3)27(33)26(32)17(4)21-8-9-22-20-15-25(31)24-14-18(30)10-12-29(24,6)23(20)11-13-28(21,22)5/h16-24,26-27,32-33H,7-15H2,1-6H3/t17-,18+,19-,20-,21+,22-,23-,24+,26-,27-,28+,29+/m0/s1. The van der Waals surface area contributed by atoms with E-state index in [9.17, 15) is 19.4 Å². The molecule has 4 fully saturated rings. The highest BCUT2D eigenvalue weighted by atomic mass is 19.1. The zero-order valence-electron chi connectivity index (χ0n) is 21.9. The van der Waals surface area contributed by atoms with Crippen molar-refractivity contribution in [1.82, 2.24) is 0 Å². The molecule has 33 heavy (non-hydrogen) atoms. The lowest BCUT2D eigenvalue weighted by atomic mass is 9.44. The second-order valence-electron chi connectivity index (χ2n) is 13.4. The van der Waals surface area contributed by atoms with Crippen molar-refractivity contribution >= 4 is 5.78 Å². The molecule has 0 saturated heterocycles. The summed E-state index contributed by atoms with van der Waals surface area (Å²) in [7, 11) is 0. The van der Waals surface area contributed by atoms with E-state index in [-0.39, 0.29) is 28.6 Å². The number of hydrogen-bond acceptors (Lipinski definition) is 3. The second-order valence-corrected chi connectivity index (χ2v) is 13.4. The number of ketones is 1. The molecule has 0 unspecified atom stereocenters. The Balaban J connectivity index is 1.54. The Kier molecular flexibility index (Phi) is 7.13. The van der Waals surface area contributed by atoms with Gasteiger partial charge in [0.05, 0.1) is 12.2 Å². The minimum atomic E-state index is -0.806. The molecule has 4 aliphatic carbocycles. The van der Waals surface area contributed by atoms with Crippen LogP contribution in [0.15, 0.2) is 0 Å². The molecule has 4 heteroatoms. The first kappa shape index (κ1) is 25.6. The third-order valence-corrected chi connectivity index (χ3v) is 11.8. The van der Waals surface area contributed by atoms with Crippen LogP contribution < -0.4 is 0 Å². The molecule has 0 aliphatic heterocycles. The van der Waals surface area contributed by atoms with Gasteiger partial charge in [0.25, 0.3) is 0 Å². The number of aliphatic hydroxyl groups is 2. The highest BCUT2D eigenvalue weighted by Gasteiger charge is 2.63. The monoisotopic (exact) mass is 464 g/mol. The molecule has 0 radical (unpaired) electrons. The number of fused-ring (bicyclic) bond motifs is 5. The SMILES string of the molecule is CC[C@@H](C(C)C)[C@H](O)[C@@H](O)[C@@H](C)[C@H]1CC[C@H]2[C@@H]3CC(=O)[C@H]4C[C@H](F)CC[C@]4(C)[C@H]3CC[C@]12C. The topological polar surface area (TPSA) is 57.5 Å². The van der Waals surface area contributed by atoms with Crippen LogP contribution in [0.25, 0.3) is 0 Å². The van der Waals surface area contributed by atoms with Crippen LogP contribution in [-0.2, 0) is 4.79 Å². The molecule has 12 atom stereocenters. The molecule has 3 nitrogen and oxygen atoms in total. The number of Topliss-reactive ketones (excluding diaryl/α,β-unsaturated/α-hetero) is 1. The Morgan fingerprint density at radius 2 is 1.61 bits per heavy atom. The van der Waals surface area contributed by atoms with Gasteiger partial charge in [-0.15, -0.1) is 0 Å². The Morgan fingerprint density at radius 3 is 2.24 bits per heavy atom. The summed E-state index contributed by atoms with van der Waals surface area (Å²) in [6.45, 7) is 13.2. The highest BCUT2D eigenvalue weighted by Crippen LogP contribution is 2.68. The number of halogens is 1. The minimum Gasteiger partial charge on any atom is -0.390 e. The Bertz CT molecular complexity index is 724. The predicted octanol–water partition coefficient (Wildman–Crippen LogP) is 6.20. The van der Waals surface area contributed by atoms with Crippen LogP contribution in [0.4, 0.5) is 4.39 Å². The van der Waals surface area contributed by atoms with E-state index >= 15 is 0 Å². The lowest BCUT2D eigenvalue weighted by molar-refractivity contribution is -0.159. The van der Waals surface area contributed by atoms with Gasteiger partial charge < -0.3 is 10.2 Å². The molecule has 0 aromatic carbocycles. The molecule has 0 spiro atoms. The van der Waals surface area contributed by atoms with Gasteiger partial charge in [-0.2, -0.15) is 0 Å². The van der Waals surface area contributed by atoms with E-state index in [1.165, 1.54) is 0 Å². The summed E-state index contributed by atoms with van der Waals surface area (Å²) >= 11 is 0. The molecule has 2 N–H and O–H groups in total. The predicted molar refractivity (Wildman–Crippen MR) is 130 cm³/mol. The Hall–Kier alpha value is -0.480. The van der Waals surface area contributed by atoms with Crippen LogP contribution in [0, 0.1) is 58.2 Å². The van der Waals surface area contributed by atoms with Gasteiger partial charge in [0.2, 0.25) is 0 Å². The fourth-order valence-corrected chi connectivity index (χ4v) is 9.81. The van der Waals surface area contributed by atoms with E-state index in [4.69, 9.17) is 0 Å². The third-order valence-electron chi connectivity index (χ3n) is 11.8. The van der Waals surface area contributed by atoms with Gasteiger partial charge in [-0.1, -0.05) is 48.0 Å². The normalized spacial score (nSPS) is 46.8. The fourth-order valence-electron chi connectivity index (χ4n) is 9.81. The van der Waals surface area contributed by atoms with Crippen molar-refractivity contribution in [1.29, 1.82) is 0 Å². The van der Waals surface area contributed by atoms with Gasteiger partial charge in [-0.25, -0.2) is 4.39 Å². The maximum Gasteiger partial charge on any atom is 0.136 e. The van der Waals surface area contributed by atoms with Gasteiger partial charge in [0.15, 0.2) is 0 Å². The zero-order valence-corrected chi connectivity index (χ0v) is 21.9. The largest absolute Gasteiger partial charge is 0.390 e. The van der Waals surface area contributed by atoms with Crippen molar-refractivity contribution < 1.29 is 19.4 Å². The molecule has 190 valence electrons. The average molecular weight is 465 g/mol. The van der Waals surface area contributed by atoms with Crippen molar-refractivity contribution in [2.24, 2.45) is 58.2 Å². The smallest absolute Gasteiger partial charge is 0.136 e. The molecule has 0 aromatic heterocycles. The summed E-state index contributed by atoms with van der Waals surface area (Å²) in [6.07, 6.45) is 5.68. The fraction of sp³-hybridized carbons (Fsp3) is 0.966. The molecule has 0 heterocycles. The average Bonchev–Trinajstić information content (AvgIpc) is 3.11. The molecule has 4 aliphatic rings. The van der Waals surface area contributed by atoms with E-state index in [2.05, 4.69) is 41.5 Å². The molecule has 0 bridgehead atoms. The highest BCUT2D eigenvalue weighted by molar-refractivity contribution is 5.83. The van der Waals surface area contributed by atoms with E-state index in [0.29, 0.717) is 54.6 Å². The van der Waals surface area contributed by atoms with E-state index < -0.39 is 18.4 Å². The first-order valence-corrected chi connectivity index (χ1v) is 14.0. The summed E-state index contributed by atoms with van der Waals surface area (Å²) in [5, 5.41) is 22.3. The number of carbonyl (C=O) groups is 1. The van der Waals surface area contributed by atoms with Crippen molar-refractivity contribution in [2.75, 3.05) is 0 Å². The quantitative estimate of drug-likeness (QED) is 0.492. The van der Waals surface area contributed by atoms with Crippen LogP contribution in [0.3, 0.4) is 0 Å². The van der Waals surface area contributed by atoms with Crippen molar-refractivity contribution in [3.05, 3.63) is 0 Å². The lowest BCUT2D eigenvalue weighted by Gasteiger charge is -2.60. The molecular formula is C29H49FO3. The summed E-state index contributed by atoms with van der Waals surface area (Å²) in [6, 6.07) is 0. The molecule has 4 rings (SSSR count). The third kappa shape index (κ3) is 4.03. The Labute approximate surface area is 201 Å².